The van der Waals surface area contributed by atoms with E-state index in [0.717, 1.165) is 0 Å². The maximum absolute atomic E-state index is 11.3. The van der Waals surface area contributed by atoms with Crippen LogP contribution < -0.4 is 5.32 Å². The molecule has 1 aliphatic rings. The summed E-state index contributed by atoms with van der Waals surface area (Å²) in [5, 5.41) is 3.42. The Kier molecular flexibility index (Phi) is 3.03. The zero-order valence-corrected chi connectivity index (χ0v) is 10.3. The van der Waals surface area contributed by atoms with Crippen molar-refractivity contribution in [2.24, 2.45) is 0 Å². The van der Waals surface area contributed by atoms with Crippen LogP contribution in [0.3, 0.4) is 0 Å². The van der Waals surface area contributed by atoms with Gasteiger partial charge in [0.15, 0.2) is 9.84 Å². The summed E-state index contributed by atoms with van der Waals surface area (Å²) >= 11 is 5.78. The first-order valence-electron chi connectivity index (χ1n) is 4.93. The quantitative estimate of drug-likeness (QED) is 0.806. The molecule has 16 heavy (non-hydrogen) atoms. The van der Waals surface area contributed by atoms with Gasteiger partial charge in [0.25, 0.3) is 0 Å². The lowest BCUT2D eigenvalue weighted by Gasteiger charge is -2.11. The predicted molar refractivity (Wildman–Crippen MR) is 62.5 cm³/mol. The van der Waals surface area contributed by atoms with E-state index in [2.05, 4.69) is 15.3 Å². The topological polar surface area (TPSA) is 72.0 Å². The van der Waals surface area contributed by atoms with E-state index in [4.69, 9.17) is 11.6 Å². The van der Waals surface area contributed by atoms with Crippen LogP contribution in [0.15, 0.2) is 6.07 Å². The summed E-state index contributed by atoms with van der Waals surface area (Å²) in [6.45, 7) is 1.74. The number of anilines is 1. The second kappa shape index (κ2) is 4.18. The minimum Gasteiger partial charge on any atom is -0.366 e. The Hall–Kier alpha value is -0.880. The van der Waals surface area contributed by atoms with Crippen LogP contribution >= 0.6 is 11.6 Å². The third-order valence-corrected chi connectivity index (χ3v) is 4.35. The van der Waals surface area contributed by atoms with E-state index in [1.807, 2.05) is 0 Å². The van der Waals surface area contributed by atoms with Crippen molar-refractivity contribution in [3.05, 3.63) is 17.0 Å². The molecule has 0 aromatic carbocycles. The molecule has 1 N–H and O–H groups in total. The van der Waals surface area contributed by atoms with Gasteiger partial charge in [-0.3, -0.25) is 0 Å². The fourth-order valence-electron chi connectivity index (χ4n) is 1.72. The molecule has 88 valence electrons. The van der Waals surface area contributed by atoms with Gasteiger partial charge in [0.2, 0.25) is 0 Å². The highest BCUT2D eigenvalue weighted by Gasteiger charge is 2.27. The normalized spacial score (nSPS) is 23.2. The molecule has 1 aromatic rings. The lowest BCUT2D eigenvalue weighted by Crippen LogP contribution is -2.21. The zero-order valence-electron chi connectivity index (χ0n) is 8.77. The number of nitrogens with zero attached hydrogens (tertiary/aromatic N) is 2. The molecule has 1 aliphatic heterocycles. The van der Waals surface area contributed by atoms with Gasteiger partial charge in [-0.05, 0) is 13.3 Å². The van der Waals surface area contributed by atoms with Gasteiger partial charge in [-0.15, -0.1) is 0 Å². The van der Waals surface area contributed by atoms with Crippen molar-refractivity contribution >= 4 is 27.3 Å². The molecular formula is C9H12ClN3O2S. The lowest BCUT2D eigenvalue weighted by atomic mass is 10.2. The monoisotopic (exact) mass is 261 g/mol. The summed E-state index contributed by atoms with van der Waals surface area (Å²) in [5.41, 5.74) is 0. The molecule has 0 bridgehead atoms. The third kappa shape index (κ3) is 2.82. The van der Waals surface area contributed by atoms with Crippen LogP contribution in [0, 0.1) is 6.92 Å². The first-order valence-corrected chi connectivity index (χ1v) is 7.13. The SMILES string of the molecule is Cc1nc(Cl)cc(N[C@@H]2CCS(=O)(=O)C2)n1. The Labute approximate surface area is 99.2 Å². The third-order valence-electron chi connectivity index (χ3n) is 2.39. The Balaban J connectivity index is 2.10. The Morgan fingerprint density at radius 1 is 1.50 bits per heavy atom. The molecule has 2 heterocycles. The summed E-state index contributed by atoms with van der Waals surface area (Å²) in [5.74, 6) is 1.55. The van der Waals surface area contributed by atoms with Gasteiger partial charge >= 0.3 is 0 Å². The summed E-state index contributed by atoms with van der Waals surface area (Å²) < 4.78 is 22.5. The molecule has 0 aliphatic carbocycles. The fraction of sp³-hybridized carbons (Fsp3) is 0.556. The van der Waals surface area contributed by atoms with E-state index in [9.17, 15) is 8.42 Å². The van der Waals surface area contributed by atoms with Crippen LogP contribution in [0.5, 0.6) is 0 Å². The molecule has 0 saturated carbocycles. The van der Waals surface area contributed by atoms with Crippen LogP contribution in [0.4, 0.5) is 5.82 Å². The molecule has 0 amide bonds. The molecule has 2 rings (SSSR count). The summed E-state index contributed by atoms with van der Waals surface area (Å²) in [7, 11) is -2.87. The molecule has 1 atom stereocenters. The maximum Gasteiger partial charge on any atom is 0.152 e. The van der Waals surface area contributed by atoms with E-state index in [0.29, 0.717) is 23.2 Å². The molecular weight excluding hydrogens is 250 g/mol. The predicted octanol–water partition coefficient (Wildman–Crippen LogP) is 1.04. The number of halogens is 1. The van der Waals surface area contributed by atoms with Crippen LogP contribution in [-0.2, 0) is 9.84 Å². The number of hydrogen-bond acceptors (Lipinski definition) is 5. The molecule has 7 heteroatoms. The van der Waals surface area contributed by atoms with Crippen molar-refractivity contribution in [2.75, 3.05) is 16.8 Å². The summed E-state index contributed by atoms with van der Waals surface area (Å²) in [6.07, 6.45) is 0.614. The van der Waals surface area contributed by atoms with Gasteiger partial charge < -0.3 is 5.32 Å². The molecule has 5 nitrogen and oxygen atoms in total. The van der Waals surface area contributed by atoms with Crippen LogP contribution in [-0.4, -0.2) is 35.9 Å². The van der Waals surface area contributed by atoms with Crippen LogP contribution in [0.25, 0.3) is 0 Å². The van der Waals surface area contributed by atoms with Gasteiger partial charge in [-0.1, -0.05) is 11.6 Å². The number of aromatic nitrogens is 2. The fourth-order valence-corrected chi connectivity index (χ4v) is 3.62. The maximum atomic E-state index is 11.3. The lowest BCUT2D eigenvalue weighted by molar-refractivity contribution is 0.602. The standard InChI is InChI=1S/C9H12ClN3O2S/c1-6-11-8(10)4-9(12-6)13-7-2-3-16(14,15)5-7/h4,7H,2-3,5H2,1H3,(H,11,12,13)/t7-/m1/s1. The molecule has 1 fully saturated rings. The average Bonchev–Trinajstić information content (AvgIpc) is 2.43. The largest absolute Gasteiger partial charge is 0.366 e. The number of nitrogens with one attached hydrogen (secondary N) is 1. The number of hydrogen-bond donors (Lipinski definition) is 1. The van der Waals surface area contributed by atoms with E-state index in [1.54, 1.807) is 13.0 Å². The number of sulfone groups is 1. The highest BCUT2D eigenvalue weighted by molar-refractivity contribution is 7.91. The van der Waals surface area contributed by atoms with Crippen molar-refractivity contribution in [1.29, 1.82) is 0 Å². The van der Waals surface area contributed by atoms with Crippen LogP contribution in [0.1, 0.15) is 12.2 Å². The van der Waals surface area contributed by atoms with Crippen molar-refractivity contribution in [3.8, 4) is 0 Å². The smallest absolute Gasteiger partial charge is 0.152 e. The summed E-state index contributed by atoms with van der Waals surface area (Å²) in [4.78, 5) is 8.08. The van der Waals surface area contributed by atoms with Crippen LogP contribution in [0.2, 0.25) is 5.15 Å². The van der Waals surface area contributed by atoms with Gasteiger partial charge in [0.1, 0.15) is 16.8 Å². The number of aryl methyl sites for hydroxylation is 1. The van der Waals surface area contributed by atoms with Crippen molar-refractivity contribution < 1.29 is 8.42 Å². The summed E-state index contributed by atoms with van der Waals surface area (Å²) in [6, 6.07) is 1.52. The minimum atomic E-state index is -2.87. The number of rotatable bonds is 2. The van der Waals surface area contributed by atoms with Gasteiger partial charge in [0.05, 0.1) is 11.5 Å². The van der Waals surface area contributed by atoms with Gasteiger partial charge in [-0.2, -0.15) is 0 Å². The zero-order chi connectivity index (χ0) is 11.8. The van der Waals surface area contributed by atoms with E-state index in [-0.39, 0.29) is 17.5 Å². The second-order valence-electron chi connectivity index (χ2n) is 3.87. The molecule has 0 spiro atoms. The first kappa shape index (κ1) is 11.6. The van der Waals surface area contributed by atoms with E-state index >= 15 is 0 Å². The average molecular weight is 262 g/mol. The Morgan fingerprint density at radius 2 is 2.25 bits per heavy atom. The Bertz CT molecular complexity index is 483. The van der Waals surface area contributed by atoms with Crippen molar-refractivity contribution in [1.82, 2.24) is 9.97 Å². The molecule has 1 saturated heterocycles. The molecule has 0 radical (unpaired) electrons. The van der Waals surface area contributed by atoms with E-state index in [1.165, 1.54) is 0 Å². The highest BCUT2D eigenvalue weighted by atomic mass is 35.5. The van der Waals surface area contributed by atoms with E-state index < -0.39 is 9.84 Å². The highest BCUT2D eigenvalue weighted by Crippen LogP contribution is 2.18. The van der Waals surface area contributed by atoms with Gasteiger partial charge in [-0.25, -0.2) is 18.4 Å². The molecule has 1 aromatic heterocycles. The van der Waals surface area contributed by atoms with Crippen molar-refractivity contribution in [3.63, 3.8) is 0 Å². The molecule has 0 unspecified atom stereocenters. The minimum absolute atomic E-state index is 0.0737. The first-order chi connectivity index (χ1) is 7.44. The Morgan fingerprint density at radius 3 is 2.81 bits per heavy atom. The second-order valence-corrected chi connectivity index (χ2v) is 6.48. The van der Waals surface area contributed by atoms with Crippen molar-refractivity contribution in [2.45, 2.75) is 19.4 Å². The van der Waals surface area contributed by atoms with Gasteiger partial charge in [0, 0.05) is 12.1 Å².